The quantitative estimate of drug-likeness (QED) is 0.806. The van der Waals surface area contributed by atoms with Gasteiger partial charge in [0.1, 0.15) is 5.75 Å². The van der Waals surface area contributed by atoms with Gasteiger partial charge in [0, 0.05) is 13.1 Å². The lowest BCUT2D eigenvalue weighted by Crippen LogP contribution is -2.21. The summed E-state index contributed by atoms with van der Waals surface area (Å²) in [6, 6.07) is 8.74. The van der Waals surface area contributed by atoms with Crippen LogP contribution < -0.4 is 10.1 Å². The fourth-order valence-corrected chi connectivity index (χ4v) is 2.01. The Kier molecular flexibility index (Phi) is 5.41. The molecule has 1 unspecified atom stereocenters. The number of benzene rings is 2. The molecule has 0 aliphatic carbocycles. The minimum absolute atomic E-state index is 0.112. The van der Waals surface area contributed by atoms with Gasteiger partial charge in [-0.3, -0.25) is 0 Å². The van der Waals surface area contributed by atoms with Crippen LogP contribution >= 0.6 is 0 Å². The van der Waals surface area contributed by atoms with Crippen LogP contribution in [0.15, 0.2) is 36.4 Å². The first-order chi connectivity index (χ1) is 10.5. The Bertz CT molecular complexity index is 609. The van der Waals surface area contributed by atoms with Gasteiger partial charge in [-0.1, -0.05) is 12.1 Å². The number of hydrogen-bond donors (Lipinski definition) is 2. The second kappa shape index (κ2) is 7.29. The number of aliphatic hydroxyl groups is 1. The number of halogens is 3. The normalized spacial score (nSPS) is 12.2. The summed E-state index contributed by atoms with van der Waals surface area (Å²) in [5.74, 6) is -3.26. The maximum absolute atomic E-state index is 13.1. The summed E-state index contributed by atoms with van der Waals surface area (Å²) in [7, 11) is 1.55. The Morgan fingerprint density at radius 2 is 1.68 bits per heavy atom. The van der Waals surface area contributed by atoms with E-state index in [4.69, 9.17) is 4.74 Å². The molecule has 0 fully saturated rings. The Hall–Kier alpha value is -2.05. The molecule has 0 aliphatic rings. The van der Waals surface area contributed by atoms with Crippen molar-refractivity contribution in [2.45, 2.75) is 12.6 Å². The molecule has 0 aliphatic heterocycles. The lowest BCUT2D eigenvalue weighted by molar-refractivity contribution is 0.174. The van der Waals surface area contributed by atoms with Crippen LogP contribution in [0.1, 0.15) is 17.2 Å². The summed E-state index contributed by atoms with van der Waals surface area (Å²) in [6.07, 6.45) is -0.777. The number of nitrogens with one attached hydrogen (secondary N) is 1. The van der Waals surface area contributed by atoms with Crippen LogP contribution in [0.25, 0.3) is 0 Å². The Labute approximate surface area is 126 Å². The van der Waals surface area contributed by atoms with Gasteiger partial charge < -0.3 is 15.2 Å². The second-order valence-electron chi connectivity index (χ2n) is 4.79. The molecule has 2 N–H and O–H groups in total. The SMILES string of the molecule is COc1ccc(C(O)CNCc2cc(F)c(F)c(F)c2)cc1. The molecule has 0 bridgehead atoms. The highest BCUT2D eigenvalue weighted by Crippen LogP contribution is 2.17. The molecule has 118 valence electrons. The van der Waals surface area contributed by atoms with Gasteiger partial charge in [-0.15, -0.1) is 0 Å². The lowest BCUT2D eigenvalue weighted by atomic mass is 10.1. The number of ether oxygens (including phenoxy) is 1. The summed E-state index contributed by atoms with van der Waals surface area (Å²) in [5, 5.41) is 12.9. The van der Waals surface area contributed by atoms with Crippen molar-refractivity contribution in [1.29, 1.82) is 0 Å². The van der Waals surface area contributed by atoms with E-state index in [9.17, 15) is 18.3 Å². The van der Waals surface area contributed by atoms with Crippen molar-refractivity contribution in [2.24, 2.45) is 0 Å². The molecule has 0 amide bonds. The first-order valence-corrected chi connectivity index (χ1v) is 6.67. The van der Waals surface area contributed by atoms with E-state index in [0.717, 1.165) is 12.1 Å². The van der Waals surface area contributed by atoms with E-state index in [2.05, 4.69) is 5.32 Å². The largest absolute Gasteiger partial charge is 0.497 e. The highest BCUT2D eigenvalue weighted by atomic mass is 19.2. The number of methoxy groups -OCH3 is 1. The zero-order valence-corrected chi connectivity index (χ0v) is 11.9. The van der Waals surface area contributed by atoms with E-state index in [1.54, 1.807) is 31.4 Å². The molecule has 0 spiro atoms. The molecule has 0 heterocycles. The highest BCUT2D eigenvalue weighted by Gasteiger charge is 2.11. The number of hydrogen-bond acceptors (Lipinski definition) is 3. The molecular formula is C16H16F3NO2. The average molecular weight is 311 g/mol. The molecule has 2 aromatic rings. The van der Waals surface area contributed by atoms with Crippen molar-refractivity contribution in [2.75, 3.05) is 13.7 Å². The van der Waals surface area contributed by atoms with Gasteiger partial charge in [-0.25, -0.2) is 13.2 Å². The average Bonchev–Trinajstić information content (AvgIpc) is 2.52. The minimum atomic E-state index is -1.48. The van der Waals surface area contributed by atoms with Gasteiger partial charge in [0.15, 0.2) is 17.5 Å². The molecule has 3 nitrogen and oxygen atoms in total. The zero-order valence-electron chi connectivity index (χ0n) is 11.9. The Balaban J connectivity index is 1.90. The molecule has 1 atom stereocenters. The minimum Gasteiger partial charge on any atom is -0.497 e. The lowest BCUT2D eigenvalue weighted by Gasteiger charge is -2.13. The van der Waals surface area contributed by atoms with E-state index in [-0.39, 0.29) is 18.7 Å². The fourth-order valence-electron chi connectivity index (χ4n) is 2.01. The molecule has 0 radical (unpaired) electrons. The summed E-state index contributed by atoms with van der Waals surface area (Å²) in [4.78, 5) is 0. The Morgan fingerprint density at radius 1 is 1.09 bits per heavy atom. The standard InChI is InChI=1S/C16H16F3NO2/c1-22-12-4-2-11(3-5-12)15(21)9-20-8-10-6-13(17)16(19)14(18)7-10/h2-7,15,20-21H,8-9H2,1H3. The van der Waals surface area contributed by atoms with E-state index in [1.807, 2.05) is 0 Å². The molecule has 2 rings (SSSR count). The van der Waals surface area contributed by atoms with Crippen LogP contribution in [0.4, 0.5) is 13.2 Å². The number of aliphatic hydroxyl groups excluding tert-OH is 1. The maximum atomic E-state index is 13.1. The van der Waals surface area contributed by atoms with Gasteiger partial charge in [-0.05, 0) is 35.4 Å². The molecule has 0 aromatic heterocycles. The van der Waals surface area contributed by atoms with Crippen LogP contribution in [0.3, 0.4) is 0 Å². The van der Waals surface area contributed by atoms with Crippen molar-refractivity contribution in [3.05, 3.63) is 65.0 Å². The summed E-state index contributed by atoms with van der Waals surface area (Å²) >= 11 is 0. The summed E-state index contributed by atoms with van der Waals surface area (Å²) in [6.45, 7) is 0.300. The van der Waals surface area contributed by atoms with E-state index in [0.29, 0.717) is 11.3 Å². The van der Waals surface area contributed by atoms with Crippen molar-refractivity contribution in [3.8, 4) is 5.75 Å². The molecule has 6 heteroatoms. The first kappa shape index (κ1) is 16.3. The maximum Gasteiger partial charge on any atom is 0.194 e. The predicted molar refractivity (Wildman–Crippen MR) is 76.0 cm³/mol. The van der Waals surface area contributed by atoms with Gasteiger partial charge in [0.2, 0.25) is 0 Å². The van der Waals surface area contributed by atoms with Gasteiger partial charge >= 0.3 is 0 Å². The molecule has 0 saturated carbocycles. The first-order valence-electron chi connectivity index (χ1n) is 6.67. The number of rotatable bonds is 6. The van der Waals surface area contributed by atoms with E-state index < -0.39 is 23.6 Å². The van der Waals surface area contributed by atoms with E-state index in [1.165, 1.54) is 0 Å². The molecule has 0 saturated heterocycles. The zero-order chi connectivity index (χ0) is 16.1. The highest BCUT2D eigenvalue weighted by molar-refractivity contribution is 5.28. The van der Waals surface area contributed by atoms with Crippen molar-refractivity contribution in [3.63, 3.8) is 0 Å². The van der Waals surface area contributed by atoms with Crippen molar-refractivity contribution < 1.29 is 23.0 Å². The fraction of sp³-hybridized carbons (Fsp3) is 0.250. The van der Waals surface area contributed by atoms with Gasteiger partial charge in [0.05, 0.1) is 13.2 Å². The van der Waals surface area contributed by atoms with Crippen LogP contribution in [-0.2, 0) is 6.54 Å². The van der Waals surface area contributed by atoms with Gasteiger partial charge in [-0.2, -0.15) is 0 Å². The third-order valence-electron chi connectivity index (χ3n) is 3.21. The third-order valence-corrected chi connectivity index (χ3v) is 3.21. The van der Waals surface area contributed by atoms with Crippen LogP contribution in [0, 0.1) is 17.5 Å². The smallest absolute Gasteiger partial charge is 0.194 e. The van der Waals surface area contributed by atoms with Crippen LogP contribution in [-0.4, -0.2) is 18.8 Å². The monoisotopic (exact) mass is 311 g/mol. The van der Waals surface area contributed by atoms with E-state index >= 15 is 0 Å². The van der Waals surface area contributed by atoms with Crippen LogP contribution in [0.2, 0.25) is 0 Å². The topological polar surface area (TPSA) is 41.5 Å². The van der Waals surface area contributed by atoms with Crippen LogP contribution in [0.5, 0.6) is 5.75 Å². The Morgan fingerprint density at radius 3 is 2.23 bits per heavy atom. The molecule has 22 heavy (non-hydrogen) atoms. The van der Waals surface area contributed by atoms with Crippen molar-refractivity contribution in [1.82, 2.24) is 5.32 Å². The predicted octanol–water partition coefficient (Wildman–Crippen LogP) is 2.94. The van der Waals surface area contributed by atoms with Crippen molar-refractivity contribution >= 4 is 0 Å². The van der Waals surface area contributed by atoms with Gasteiger partial charge in [0.25, 0.3) is 0 Å². The second-order valence-corrected chi connectivity index (χ2v) is 4.79. The molecule has 2 aromatic carbocycles. The third kappa shape index (κ3) is 3.99. The summed E-state index contributed by atoms with van der Waals surface area (Å²) < 4.78 is 44.0. The molecular weight excluding hydrogens is 295 g/mol. The summed E-state index contributed by atoms with van der Waals surface area (Å²) in [5.41, 5.74) is 0.947.